The van der Waals surface area contributed by atoms with E-state index in [1.165, 1.54) is 0 Å². The summed E-state index contributed by atoms with van der Waals surface area (Å²) in [6.07, 6.45) is 3.18. The van der Waals surface area contributed by atoms with Crippen LogP contribution in [0.25, 0.3) is 11.0 Å². The highest BCUT2D eigenvalue weighted by Gasteiger charge is 2.36. The van der Waals surface area contributed by atoms with Crippen LogP contribution >= 0.6 is 11.6 Å². The number of amides is 1. The van der Waals surface area contributed by atoms with E-state index in [9.17, 15) is 4.79 Å². The van der Waals surface area contributed by atoms with E-state index in [2.05, 4.69) is 18.9 Å². The van der Waals surface area contributed by atoms with E-state index in [0.717, 1.165) is 46.3 Å². The lowest BCUT2D eigenvalue weighted by Crippen LogP contribution is -2.36. The van der Waals surface area contributed by atoms with Crippen LogP contribution in [0.2, 0.25) is 5.02 Å². The Morgan fingerprint density at radius 2 is 2.03 bits per heavy atom. The summed E-state index contributed by atoms with van der Waals surface area (Å²) in [4.78, 5) is 20.1. The molecule has 1 amide bonds. The number of methoxy groups -OCH3 is 1. The van der Waals surface area contributed by atoms with Crippen LogP contribution < -0.4 is 4.74 Å². The first-order valence-electron chi connectivity index (χ1n) is 10.8. The molecule has 0 bridgehead atoms. The van der Waals surface area contributed by atoms with Crippen LogP contribution in [0.4, 0.5) is 0 Å². The van der Waals surface area contributed by atoms with Crippen molar-refractivity contribution < 1.29 is 9.53 Å². The van der Waals surface area contributed by atoms with Crippen molar-refractivity contribution in [3.05, 3.63) is 51.7 Å². The van der Waals surface area contributed by atoms with Gasteiger partial charge in [0.1, 0.15) is 0 Å². The second kappa shape index (κ2) is 8.50. The molecule has 1 aliphatic carbocycles. The van der Waals surface area contributed by atoms with Crippen molar-refractivity contribution in [3.63, 3.8) is 0 Å². The summed E-state index contributed by atoms with van der Waals surface area (Å²) in [6, 6.07) is 8.05. The van der Waals surface area contributed by atoms with E-state index in [1.807, 2.05) is 43.1 Å². The fourth-order valence-corrected chi connectivity index (χ4v) is 4.81. The third-order valence-corrected chi connectivity index (χ3v) is 6.65. The van der Waals surface area contributed by atoms with Crippen molar-refractivity contribution in [2.24, 2.45) is 7.05 Å². The Balaban J connectivity index is 1.59. The number of aromatic nitrogens is 3. The molecule has 0 radical (unpaired) electrons. The normalized spacial score (nSPS) is 14.6. The van der Waals surface area contributed by atoms with Crippen LogP contribution in [0.5, 0.6) is 5.88 Å². The minimum Gasteiger partial charge on any atom is -0.479 e. The van der Waals surface area contributed by atoms with Crippen LogP contribution in [0.1, 0.15) is 54.6 Å². The van der Waals surface area contributed by atoms with Gasteiger partial charge in [-0.1, -0.05) is 29.8 Å². The minimum atomic E-state index is -0.0464. The van der Waals surface area contributed by atoms with Crippen molar-refractivity contribution >= 4 is 28.5 Å². The van der Waals surface area contributed by atoms with Gasteiger partial charge < -0.3 is 9.64 Å². The smallest absolute Gasteiger partial charge is 0.242 e. The topological polar surface area (TPSA) is 60.2 Å². The predicted molar refractivity (Wildman–Crippen MR) is 123 cm³/mol. The largest absolute Gasteiger partial charge is 0.479 e. The number of pyridine rings is 1. The van der Waals surface area contributed by atoms with Gasteiger partial charge in [-0.2, -0.15) is 0 Å². The molecule has 4 rings (SSSR count). The summed E-state index contributed by atoms with van der Waals surface area (Å²) in [6.45, 7) is 6.13. The molecule has 0 N–H and O–H groups in total. The van der Waals surface area contributed by atoms with Crippen LogP contribution in [0.15, 0.2) is 24.3 Å². The number of aryl methyl sites for hydroxylation is 3. The maximum absolute atomic E-state index is 13.4. The van der Waals surface area contributed by atoms with E-state index in [1.54, 1.807) is 11.8 Å². The zero-order valence-electron chi connectivity index (χ0n) is 18.8. The summed E-state index contributed by atoms with van der Waals surface area (Å²) in [5, 5.41) is 6.04. The molecule has 7 heteroatoms. The van der Waals surface area contributed by atoms with Crippen molar-refractivity contribution in [2.45, 2.75) is 58.5 Å². The van der Waals surface area contributed by atoms with Crippen LogP contribution in [-0.2, 0) is 18.3 Å². The molecule has 3 aromatic rings. The standard InChI is InChI=1S/C24H29ClN4O2/c1-14-18(15(2)26-23-22(14)24(31-5)27-28(23)4)12-13-21(30)29(17-10-11-17)16(3)19-8-6-7-9-20(19)25/h6-9,16-17H,10-13H2,1-5H3. The summed E-state index contributed by atoms with van der Waals surface area (Å²) in [5.74, 6) is 0.731. The first kappa shape index (κ1) is 21.6. The van der Waals surface area contributed by atoms with E-state index >= 15 is 0 Å². The molecule has 0 spiro atoms. The quantitative estimate of drug-likeness (QED) is 0.522. The zero-order valence-corrected chi connectivity index (χ0v) is 19.5. The van der Waals surface area contributed by atoms with E-state index < -0.39 is 0 Å². The second-order valence-electron chi connectivity index (χ2n) is 8.36. The highest BCUT2D eigenvalue weighted by atomic mass is 35.5. The Labute approximate surface area is 188 Å². The van der Waals surface area contributed by atoms with Gasteiger partial charge in [0.05, 0.1) is 18.5 Å². The molecule has 164 valence electrons. The first-order chi connectivity index (χ1) is 14.8. The summed E-state index contributed by atoms with van der Waals surface area (Å²) >= 11 is 6.43. The Hall–Kier alpha value is -2.60. The van der Waals surface area contributed by atoms with E-state index in [-0.39, 0.29) is 11.9 Å². The predicted octanol–water partition coefficient (Wildman–Crippen LogP) is 4.93. The number of ether oxygens (including phenoxy) is 1. The minimum absolute atomic E-state index is 0.0464. The van der Waals surface area contributed by atoms with Crippen molar-refractivity contribution in [2.75, 3.05) is 7.11 Å². The molecule has 1 saturated carbocycles. The average Bonchev–Trinajstić information content (AvgIpc) is 3.51. The highest BCUT2D eigenvalue weighted by molar-refractivity contribution is 6.31. The van der Waals surface area contributed by atoms with Crippen molar-refractivity contribution in [3.8, 4) is 5.88 Å². The lowest BCUT2D eigenvalue weighted by atomic mass is 9.99. The summed E-state index contributed by atoms with van der Waals surface area (Å²) < 4.78 is 7.20. The van der Waals surface area contributed by atoms with Gasteiger partial charge in [-0.15, -0.1) is 5.10 Å². The fourth-order valence-electron chi connectivity index (χ4n) is 4.52. The number of carbonyl (C=O) groups excluding carboxylic acids is 1. The lowest BCUT2D eigenvalue weighted by molar-refractivity contribution is -0.134. The fraction of sp³-hybridized carbons (Fsp3) is 0.458. The maximum Gasteiger partial charge on any atom is 0.242 e. The Kier molecular flexibility index (Phi) is 5.93. The summed E-state index contributed by atoms with van der Waals surface area (Å²) in [7, 11) is 3.48. The lowest BCUT2D eigenvalue weighted by Gasteiger charge is -2.30. The molecular formula is C24H29ClN4O2. The van der Waals surface area contributed by atoms with Gasteiger partial charge in [-0.3, -0.25) is 4.79 Å². The number of nitrogens with zero attached hydrogens (tertiary/aromatic N) is 4. The molecule has 1 fully saturated rings. The van der Waals surface area contributed by atoms with Gasteiger partial charge in [0.25, 0.3) is 0 Å². The van der Waals surface area contributed by atoms with Gasteiger partial charge in [0.15, 0.2) is 5.65 Å². The molecule has 2 aromatic heterocycles. The second-order valence-corrected chi connectivity index (χ2v) is 8.77. The Morgan fingerprint density at radius 3 is 2.68 bits per heavy atom. The zero-order chi connectivity index (χ0) is 22.3. The SMILES string of the molecule is COc1nn(C)c2nc(C)c(CCC(=O)N(C3CC3)C(C)c3ccccc3Cl)c(C)c12. The molecule has 1 aliphatic rings. The number of fused-ring (bicyclic) bond motifs is 1. The van der Waals surface area contributed by atoms with Crippen LogP contribution in [-0.4, -0.2) is 38.7 Å². The number of halogens is 1. The first-order valence-corrected chi connectivity index (χ1v) is 11.1. The number of benzene rings is 1. The van der Waals surface area contributed by atoms with E-state index in [0.29, 0.717) is 29.8 Å². The van der Waals surface area contributed by atoms with Gasteiger partial charge >= 0.3 is 0 Å². The molecular weight excluding hydrogens is 412 g/mol. The molecule has 2 heterocycles. The molecule has 1 unspecified atom stereocenters. The monoisotopic (exact) mass is 440 g/mol. The van der Waals surface area contributed by atoms with Crippen LogP contribution in [0.3, 0.4) is 0 Å². The number of hydrogen-bond acceptors (Lipinski definition) is 4. The summed E-state index contributed by atoms with van der Waals surface area (Å²) in [5.41, 5.74) is 4.90. The third kappa shape index (κ3) is 4.01. The molecule has 6 nitrogen and oxygen atoms in total. The average molecular weight is 441 g/mol. The van der Waals surface area contributed by atoms with Crippen LogP contribution in [0, 0.1) is 13.8 Å². The van der Waals surface area contributed by atoms with Gasteiger partial charge in [0, 0.05) is 30.2 Å². The molecule has 0 aliphatic heterocycles. The van der Waals surface area contributed by atoms with E-state index in [4.69, 9.17) is 21.3 Å². The highest BCUT2D eigenvalue weighted by Crippen LogP contribution is 2.37. The van der Waals surface area contributed by atoms with Gasteiger partial charge in [-0.25, -0.2) is 9.67 Å². The number of hydrogen-bond donors (Lipinski definition) is 0. The number of rotatable bonds is 7. The molecule has 1 atom stereocenters. The van der Waals surface area contributed by atoms with Crippen molar-refractivity contribution in [1.29, 1.82) is 0 Å². The Morgan fingerprint density at radius 1 is 1.32 bits per heavy atom. The maximum atomic E-state index is 13.4. The molecule has 31 heavy (non-hydrogen) atoms. The molecule has 0 saturated heterocycles. The van der Waals surface area contributed by atoms with Gasteiger partial charge in [-0.05, 0) is 62.8 Å². The van der Waals surface area contributed by atoms with Crippen molar-refractivity contribution in [1.82, 2.24) is 19.7 Å². The number of carbonyl (C=O) groups is 1. The van der Waals surface area contributed by atoms with Gasteiger partial charge in [0.2, 0.25) is 11.8 Å². The third-order valence-electron chi connectivity index (χ3n) is 6.31. The molecule has 1 aromatic carbocycles. The Bertz CT molecular complexity index is 1140.